The number of amides is 4. The van der Waals surface area contributed by atoms with Gasteiger partial charge in [-0.15, -0.1) is 0 Å². The van der Waals surface area contributed by atoms with Gasteiger partial charge in [0, 0.05) is 37.2 Å². The fourth-order valence-electron chi connectivity index (χ4n) is 3.23. The van der Waals surface area contributed by atoms with Gasteiger partial charge in [-0.3, -0.25) is 19.5 Å². The number of hydrogen-bond acceptors (Lipinski definition) is 4. The van der Waals surface area contributed by atoms with Crippen LogP contribution >= 0.6 is 0 Å². The summed E-state index contributed by atoms with van der Waals surface area (Å²) >= 11 is 0. The third-order valence-corrected chi connectivity index (χ3v) is 4.77. The molecule has 7 nitrogen and oxygen atoms in total. The number of fused-ring (bicyclic) bond motifs is 1. The Morgan fingerprint density at radius 1 is 1.11 bits per heavy atom. The Kier molecular flexibility index (Phi) is 5.73. The highest BCUT2D eigenvalue weighted by Gasteiger charge is 2.37. The van der Waals surface area contributed by atoms with E-state index in [0.29, 0.717) is 29.9 Å². The zero-order chi connectivity index (χ0) is 20.3. The number of nitrogens with one attached hydrogen (secondary N) is 1. The van der Waals surface area contributed by atoms with E-state index in [4.69, 9.17) is 0 Å². The van der Waals surface area contributed by atoms with Crippen molar-refractivity contribution < 1.29 is 14.4 Å². The smallest absolute Gasteiger partial charge is 0.321 e. The Labute approximate surface area is 164 Å². The van der Waals surface area contributed by atoms with Crippen molar-refractivity contribution in [2.45, 2.75) is 33.2 Å². The molecule has 146 valence electrons. The second-order valence-corrected chi connectivity index (χ2v) is 6.95. The van der Waals surface area contributed by atoms with Crippen LogP contribution in [-0.2, 0) is 6.42 Å². The average Bonchev–Trinajstić information content (AvgIpc) is 2.93. The lowest BCUT2D eigenvalue weighted by Gasteiger charge is -2.21. The second-order valence-electron chi connectivity index (χ2n) is 6.95. The third-order valence-electron chi connectivity index (χ3n) is 4.77. The Balaban J connectivity index is 1.69. The number of aromatic nitrogens is 1. The number of benzene rings is 1. The molecular formula is C21H24N4O3. The molecule has 0 saturated heterocycles. The van der Waals surface area contributed by atoms with E-state index in [1.165, 1.54) is 4.90 Å². The average molecular weight is 380 g/mol. The predicted octanol–water partition coefficient (Wildman–Crippen LogP) is 3.18. The highest BCUT2D eigenvalue weighted by molar-refractivity contribution is 6.22. The Morgan fingerprint density at radius 2 is 1.79 bits per heavy atom. The van der Waals surface area contributed by atoms with Crippen LogP contribution in [0.15, 0.2) is 42.7 Å². The van der Waals surface area contributed by atoms with Crippen molar-refractivity contribution in [3.05, 3.63) is 59.4 Å². The largest absolute Gasteiger partial charge is 0.324 e. The standard InChI is InChI=1S/C21H24N4O3/c1-4-24(12-9-15-7-10-22-11-8-15)21(28)23-16-5-6-17-18(13-16)20(27)25(14(2)3)19(17)26/h5-8,10-11,13-14H,4,9,12H2,1-3H3,(H,23,28). The van der Waals surface area contributed by atoms with Gasteiger partial charge in [0.15, 0.2) is 0 Å². The lowest BCUT2D eigenvalue weighted by atomic mass is 10.1. The molecule has 2 heterocycles. The molecule has 7 heteroatoms. The van der Waals surface area contributed by atoms with Crippen molar-refractivity contribution in [2.24, 2.45) is 0 Å². The number of likely N-dealkylation sites (N-methyl/N-ethyl adjacent to an activating group) is 1. The van der Waals surface area contributed by atoms with Gasteiger partial charge in [-0.1, -0.05) is 0 Å². The molecule has 0 saturated carbocycles. The van der Waals surface area contributed by atoms with Crippen LogP contribution in [0.5, 0.6) is 0 Å². The number of imide groups is 1. The quantitative estimate of drug-likeness (QED) is 0.780. The van der Waals surface area contributed by atoms with Crippen molar-refractivity contribution >= 4 is 23.5 Å². The molecule has 0 atom stereocenters. The topological polar surface area (TPSA) is 82.6 Å². The molecular weight excluding hydrogens is 356 g/mol. The number of rotatable bonds is 6. The van der Waals surface area contributed by atoms with Crippen LogP contribution in [0.4, 0.5) is 10.5 Å². The summed E-state index contributed by atoms with van der Waals surface area (Å²) in [7, 11) is 0. The molecule has 1 aliphatic heterocycles. The summed E-state index contributed by atoms with van der Waals surface area (Å²) in [5.41, 5.74) is 2.31. The molecule has 0 fully saturated rings. The highest BCUT2D eigenvalue weighted by Crippen LogP contribution is 2.27. The molecule has 0 aliphatic carbocycles. The third kappa shape index (κ3) is 3.88. The molecule has 2 aromatic rings. The molecule has 0 bridgehead atoms. The molecule has 0 unspecified atom stereocenters. The van der Waals surface area contributed by atoms with Gasteiger partial charge in [0.2, 0.25) is 0 Å². The first-order valence-corrected chi connectivity index (χ1v) is 9.39. The van der Waals surface area contributed by atoms with Gasteiger partial charge in [0.05, 0.1) is 11.1 Å². The maximum Gasteiger partial charge on any atom is 0.321 e. The predicted molar refractivity (Wildman–Crippen MR) is 106 cm³/mol. The normalized spacial score (nSPS) is 13.1. The van der Waals surface area contributed by atoms with Gasteiger partial charge < -0.3 is 10.2 Å². The Hall–Kier alpha value is -3.22. The number of carbonyl (C=O) groups excluding carboxylic acids is 3. The minimum absolute atomic E-state index is 0.214. The number of urea groups is 1. The molecule has 28 heavy (non-hydrogen) atoms. The summed E-state index contributed by atoms with van der Waals surface area (Å²) < 4.78 is 0. The van der Waals surface area contributed by atoms with E-state index in [-0.39, 0.29) is 23.9 Å². The van der Waals surface area contributed by atoms with E-state index >= 15 is 0 Å². The van der Waals surface area contributed by atoms with Gasteiger partial charge in [-0.05, 0) is 63.1 Å². The molecule has 0 spiro atoms. The van der Waals surface area contributed by atoms with E-state index in [1.54, 1.807) is 49.3 Å². The number of anilines is 1. The zero-order valence-corrected chi connectivity index (χ0v) is 16.3. The van der Waals surface area contributed by atoms with Crippen LogP contribution in [0, 0.1) is 0 Å². The van der Waals surface area contributed by atoms with Gasteiger partial charge in [-0.2, -0.15) is 0 Å². The fourth-order valence-corrected chi connectivity index (χ4v) is 3.23. The van der Waals surface area contributed by atoms with Crippen LogP contribution in [0.25, 0.3) is 0 Å². The molecule has 1 aromatic heterocycles. The van der Waals surface area contributed by atoms with Crippen molar-refractivity contribution in [1.29, 1.82) is 0 Å². The van der Waals surface area contributed by atoms with E-state index < -0.39 is 0 Å². The number of nitrogens with zero attached hydrogens (tertiary/aromatic N) is 3. The van der Waals surface area contributed by atoms with Crippen LogP contribution in [0.2, 0.25) is 0 Å². The summed E-state index contributed by atoms with van der Waals surface area (Å²) in [6.07, 6.45) is 4.19. The Bertz CT molecular complexity index is 896. The van der Waals surface area contributed by atoms with Crippen molar-refractivity contribution in [3.8, 4) is 0 Å². The van der Waals surface area contributed by atoms with Gasteiger partial charge in [0.25, 0.3) is 11.8 Å². The zero-order valence-electron chi connectivity index (χ0n) is 16.3. The van der Waals surface area contributed by atoms with E-state index in [1.807, 2.05) is 19.1 Å². The van der Waals surface area contributed by atoms with E-state index in [0.717, 1.165) is 12.0 Å². The van der Waals surface area contributed by atoms with Crippen LogP contribution in [0.1, 0.15) is 47.1 Å². The lowest BCUT2D eigenvalue weighted by Crippen LogP contribution is -2.36. The fraction of sp³-hybridized carbons (Fsp3) is 0.333. The van der Waals surface area contributed by atoms with Gasteiger partial charge in [0.1, 0.15) is 0 Å². The minimum Gasteiger partial charge on any atom is -0.324 e. The van der Waals surface area contributed by atoms with Crippen LogP contribution in [-0.4, -0.2) is 51.8 Å². The van der Waals surface area contributed by atoms with Gasteiger partial charge >= 0.3 is 6.03 Å². The summed E-state index contributed by atoms with van der Waals surface area (Å²) in [4.78, 5) is 44.4. The first kappa shape index (κ1) is 19.5. The molecule has 3 rings (SSSR count). The SMILES string of the molecule is CCN(CCc1ccncc1)C(=O)Nc1ccc2c(c1)C(=O)N(C(C)C)C2=O. The lowest BCUT2D eigenvalue weighted by molar-refractivity contribution is 0.0609. The summed E-state index contributed by atoms with van der Waals surface area (Å²) in [5.74, 6) is -0.614. The molecule has 0 radical (unpaired) electrons. The van der Waals surface area contributed by atoms with Gasteiger partial charge in [-0.25, -0.2) is 4.79 Å². The maximum absolute atomic E-state index is 12.6. The molecule has 4 amide bonds. The van der Waals surface area contributed by atoms with Crippen molar-refractivity contribution in [2.75, 3.05) is 18.4 Å². The number of carbonyl (C=O) groups is 3. The Morgan fingerprint density at radius 3 is 2.43 bits per heavy atom. The van der Waals surface area contributed by atoms with Crippen LogP contribution in [0.3, 0.4) is 0 Å². The van der Waals surface area contributed by atoms with Crippen molar-refractivity contribution in [1.82, 2.24) is 14.8 Å². The summed E-state index contributed by atoms with van der Waals surface area (Å²) in [6, 6.07) is 8.23. The number of hydrogen-bond donors (Lipinski definition) is 1. The summed E-state index contributed by atoms with van der Waals surface area (Å²) in [6.45, 7) is 6.63. The molecule has 1 aromatic carbocycles. The first-order valence-electron chi connectivity index (χ1n) is 9.39. The highest BCUT2D eigenvalue weighted by atomic mass is 16.2. The molecule has 1 N–H and O–H groups in total. The maximum atomic E-state index is 12.6. The van der Waals surface area contributed by atoms with Crippen LogP contribution < -0.4 is 5.32 Å². The molecule has 1 aliphatic rings. The number of pyridine rings is 1. The van der Waals surface area contributed by atoms with Crippen molar-refractivity contribution in [3.63, 3.8) is 0 Å². The first-order chi connectivity index (χ1) is 13.4. The minimum atomic E-state index is -0.323. The second kappa shape index (κ2) is 8.21. The monoisotopic (exact) mass is 380 g/mol. The van der Waals surface area contributed by atoms with E-state index in [2.05, 4.69) is 10.3 Å². The van der Waals surface area contributed by atoms with E-state index in [9.17, 15) is 14.4 Å². The summed E-state index contributed by atoms with van der Waals surface area (Å²) in [5, 5.41) is 2.83.